The van der Waals surface area contributed by atoms with Crippen LogP contribution >= 0.6 is 11.6 Å². The zero-order valence-electron chi connectivity index (χ0n) is 13.1. The van der Waals surface area contributed by atoms with Gasteiger partial charge in [0.15, 0.2) is 0 Å². The SMILES string of the molecule is O=C(NN=Cc1ccc(-c2cccc([N+](=O)[O-])c2)o1)c1cccnc1Cl. The van der Waals surface area contributed by atoms with Crippen LogP contribution < -0.4 is 5.43 Å². The smallest absolute Gasteiger partial charge is 0.274 e. The van der Waals surface area contributed by atoms with Crippen molar-refractivity contribution in [3.63, 3.8) is 0 Å². The van der Waals surface area contributed by atoms with E-state index in [1.165, 1.54) is 30.6 Å². The number of nitrogens with one attached hydrogen (secondary N) is 1. The summed E-state index contributed by atoms with van der Waals surface area (Å²) in [5.41, 5.74) is 3.04. The van der Waals surface area contributed by atoms with Gasteiger partial charge >= 0.3 is 0 Å². The summed E-state index contributed by atoms with van der Waals surface area (Å²) >= 11 is 5.83. The lowest BCUT2D eigenvalue weighted by Crippen LogP contribution is -2.18. The summed E-state index contributed by atoms with van der Waals surface area (Å²) in [6.07, 6.45) is 2.78. The van der Waals surface area contributed by atoms with Crippen molar-refractivity contribution in [2.24, 2.45) is 5.10 Å². The van der Waals surface area contributed by atoms with Crippen LogP contribution in [0.5, 0.6) is 0 Å². The second-order valence-corrected chi connectivity index (χ2v) is 5.41. The van der Waals surface area contributed by atoms with Crippen molar-refractivity contribution in [1.82, 2.24) is 10.4 Å². The van der Waals surface area contributed by atoms with Crippen LogP contribution in [0.2, 0.25) is 5.15 Å². The van der Waals surface area contributed by atoms with E-state index in [2.05, 4.69) is 15.5 Å². The Hall–Kier alpha value is -3.52. The largest absolute Gasteiger partial charge is 0.455 e. The predicted molar refractivity (Wildman–Crippen MR) is 95.1 cm³/mol. The quantitative estimate of drug-likeness (QED) is 0.319. The van der Waals surface area contributed by atoms with E-state index in [0.29, 0.717) is 17.1 Å². The zero-order chi connectivity index (χ0) is 18.5. The Morgan fingerprint density at radius 3 is 2.88 bits per heavy atom. The first kappa shape index (κ1) is 17.3. The third kappa shape index (κ3) is 3.93. The molecule has 0 saturated carbocycles. The number of pyridine rings is 1. The van der Waals surface area contributed by atoms with Crippen LogP contribution in [0.1, 0.15) is 16.1 Å². The predicted octanol–water partition coefficient (Wildman–Crippen LogP) is 3.67. The first-order valence-electron chi connectivity index (χ1n) is 7.33. The summed E-state index contributed by atoms with van der Waals surface area (Å²) in [6.45, 7) is 0. The summed E-state index contributed by atoms with van der Waals surface area (Å²) in [6, 6.07) is 12.5. The first-order valence-corrected chi connectivity index (χ1v) is 7.71. The van der Waals surface area contributed by atoms with Gasteiger partial charge in [0.25, 0.3) is 11.6 Å². The Balaban J connectivity index is 1.70. The summed E-state index contributed by atoms with van der Waals surface area (Å²) in [5, 5.41) is 14.7. The minimum atomic E-state index is -0.509. The van der Waals surface area contributed by atoms with Crippen LogP contribution in [0, 0.1) is 10.1 Å². The number of non-ortho nitro benzene ring substituents is 1. The highest BCUT2D eigenvalue weighted by Crippen LogP contribution is 2.25. The maximum atomic E-state index is 11.9. The average molecular weight is 371 g/mol. The molecule has 0 aliphatic carbocycles. The van der Waals surface area contributed by atoms with Crippen molar-refractivity contribution in [3.05, 3.63) is 81.3 Å². The number of nitro groups is 1. The number of aromatic nitrogens is 1. The number of nitro benzene ring substituents is 1. The fraction of sp³-hybridized carbons (Fsp3) is 0. The van der Waals surface area contributed by atoms with Crippen molar-refractivity contribution < 1.29 is 14.1 Å². The van der Waals surface area contributed by atoms with Gasteiger partial charge < -0.3 is 4.42 Å². The van der Waals surface area contributed by atoms with E-state index in [9.17, 15) is 14.9 Å². The maximum Gasteiger partial charge on any atom is 0.274 e. The maximum absolute atomic E-state index is 11.9. The molecule has 0 aliphatic rings. The van der Waals surface area contributed by atoms with Crippen molar-refractivity contribution in [2.45, 2.75) is 0 Å². The van der Waals surface area contributed by atoms with Gasteiger partial charge in [-0.15, -0.1) is 0 Å². The monoisotopic (exact) mass is 370 g/mol. The van der Waals surface area contributed by atoms with Crippen molar-refractivity contribution in [3.8, 4) is 11.3 Å². The van der Waals surface area contributed by atoms with E-state index >= 15 is 0 Å². The summed E-state index contributed by atoms with van der Waals surface area (Å²) in [5.74, 6) is 0.297. The lowest BCUT2D eigenvalue weighted by molar-refractivity contribution is -0.384. The van der Waals surface area contributed by atoms with E-state index in [-0.39, 0.29) is 16.4 Å². The fourth-order valence-corrected chi connectivity index (χ4v) is 2.33. The van der Waals surface area contributed by atoms with E-state index in [1.54, 1.807) is 30.3 Å². The minimum absolute atomic E-state index is 0.0327. The number of carbonyl (C=O) groups excluding carboxylic acids is 1. The van der Waals surface area contributed by atoms with Crippen LogP contribution in [0.4, 0.5) is 5.69 Å². The van der Waals surface area contributed by atoms with Crippen molar-refractivity contribution in [2.75, 3.05) is 0 Å². The molecule has 3 aromatic rings. The molecule has 0 atom stereocenters. The van der Waals surface area contributed by atoms with E-state index < -0.39 is 10.8 Å². The first-order chi connectivity index (χ1) is 12.5. The standard InChI is InChI=1S/C17H11ClN4O4/c18-16-14(5-2-8-19-16)17(23)21-20-10-13-6-7-15(26-13)11-3-1-4-12(9-11)22(24)25/h1-10H,(H,21,23). The lowest BCUT2D eigenvalue weighted by Gasteiger charge is -2.00. The molecule has 130 valence electrons. The molecule has 8 nitrogen and oxygen atoms in total. The van der Waals surface area contributed by atoms with Crippen LogP contribution in [0.15, 0.2) is 64.2 Å². The molecule has 3 rings (SSSR count). The Labute approximate surface area is 152 Å². The van der Waals surface area contributed by atoms with Crippen LogP contribution in [-0.2, 0) is 0 Å². The van der Waals surface area contributed by atoms with Crippen LogP contribution in [-0.4, -0.2) is 22.0 Å². The number of halogens is 1. The molecule has 1 amide bonds. The number of hydrogen-bond donors (Lipinski definition) is 1. The Kier molecular flexibility index (Phi) is 5.04. The van der Waals surface area contributed by atoms with Gasteiger partial charge in [-0.1, -0.05) is 23.7 Å². The molecule has 2 aromatic heterocycles. The number of hydrazone groups is 1. The molecule has 0 spiro atoms. The van der Waals surface area contributed by atoms with Gasteiger partial charge in [-0.3, -0.25) is 14.9 Å². The van der Waals surface area contributed by atoms with Gasteiger partial charge in [-0.25, -0.2) is 10.4 Å². The molecule has 0 aliphatic heterocycles. The number of rotatable bonds is 5. The van der Waals surface area contributed by atoms with Crippen LogP contribution in [0.3, 0.4) is 0 Å². The van der Waals surface area contributed by atoms with Gasteiger partial charge in [0.2, 0.25) is 0 Å². The molecule has 0 fully saturated rings. The lowest BCUT2D eigenvalue weighted by atomic mass is 10.1. The summed E-state index contributed by atoms with van der Waals surface area (Å²) in [7, 11) is 0. The topological polar surface area (TPSA) is 111 Å². The number of amides is 1. The molecule has 9 heteroatoms. The number of benzene rings is 1. The second-order valence-electron chi connectivity index (χ2n) is 5.05. The summed E-state index contributed by atoms with van der Waals surface area (Å²) < 4.78 is 5.55. The number of carbonyl (C=O) groups is 1. The number of hydrogen-bond acceptors (Lipinski definition) is 6. The molecule has 0 saturated heterocycles. The molecular weight excluding hydrogens is 360 g/mol. The molecular formula is C17H11ClN4O4. The van der Waals surface area contributed by atoms with Crippen LogP contribution in [0.25, 0.3) is 11.3 Å². The third-order valence-corrected chi connectivity index (χ3v) is 3.63. The highest BCUT2D eigenvalue weighted by molar-refractivity contribution is 6.32. The highest BCUT2D eigenvalue weighted by Gasteiger charge is 2.11. The molecule has 26 heavy (non-hydrogen) atoms. The molecule has 0 bridgehead atoms. The normalized spacial score (nSPS) is 10.8. The zero-order valence-corrected chi connectivity index (χ0v) is 13.9. The Morgan fingerprint density at radius 1 is 1.27 bits per heavy atom. The Bertz CT molecular complexity index is 1000. The Morgan fingerprint density at radius 2 is 2.12 bits per heavy atom. The number of nitrogens with zero attached hydrogens (tertiary/aromatic N) is 3. The van der Waals surface area contributed by atoms with Gasteiger partial charge in [-0.2, -0.15) is 5.10 Å². The van der Waals surface area contributed by atoms with E-state index in [1.807, 2.05) is 0 Å². The highest BCUT2D eigenvalue weighted by atomic mass is 35.5. The third-order valence-electron chi connectivity index (χ3n) is 3.33. The van der Waals surface area contributed by atoms with Crippen molar-refractivity contribution >= 4 is 29.4 Å². The molecule has 1 N–H and O–H groups in total. The van der Waals surface area contributed by atoms with Crippen molar-refractivity contribution in [1.29, 1.82) is 0 Å². The van der Waals surface area contributed by atoms with Gasteiger partial charge in [-0.05, 0) is 24.3 Å². The van der Waals surface area contributed by atoms with Gasteiger partial charge in [0.1, 0.15) is 16.7 Å². The minimum Gasteiger partial charge on any atom is -0.455 e. The fourth-order valence-electron chi connectivity index (χ4n) is 2.12. The van der Waals surface area contributed by atoms with Gasteiger partial charge in [0, 0.05) is 23.9 Å². The molecule has 0 unspecified atom stereocenters. The average Bonchev–Trinajstić information content (AvgIpc) is 3.11. The molecule has 1 aromatic carbocycles. The number of furan rings is 1. The summed E-state index contributed by atoms with van der Waals surface area (Å²) in [4.78, 5) is 26.1. The van der Waals surface area contributed by atoms with E-state index in [0.717, 1.165) is 0 Å². The molecule has 0 radical (unpaired) electrons. The van der Waals surface area contributed by atoms with Gasteiger partial charge in [0.05, 0.1) is 16.7 Å². The second kappa shape index (κ2) is 7.58. The van der Waals surface area contributed by atoms with E-state index in [4.69, 9.17) is 16.0 Å². The molecule has 2 heterocycles.